The van der Waals surface area contributed by atoms with Crippen molar-refractivity contribution >= 4 is 27.5 Å². The van der Waals surface area contributed by atoms with E-state index in [4.69, 9.17) is 16.1 Å². The van der Waals surface area contributed by atoms with Crippen molar-refractivity contribution in [3.05, 3.63) is 65.0 Å². The fraction of sp³-hybridized carbons (Fsp3) is 0.444. The Kier molecular flexibility index (Phi) is 7.65. The Balaban J connectivity index is 1.24. The zero-order chi connectivity index (χ0) is 26.0. The third kappa shape index (κ3) is 5.73. The smallest absolute Gasteiger partial charge is 0.244 e. The monoisotopic (exact) mass is 542 g/mol. The molecule has 2 aliphatic rings. The van der Waals surface area contributed by atoms with Crippen molar-refractivity contribution < 1.29 is 17.7 Å². The molecule has 0 aliphatic carbocycles. The molecule has 196 valence electrons. The van der Waals surface area contributed by atoms with Crippen LogP contribution in [0, 0.1) is 18.8 Å². The molecule has 2 fully saturated rings. The Labute approximate surface area is 222 Å². The predicted molar refractivity (Wildman–Crippen MR) is 140 cm³/mol. The van der Waals surface area contributed by atoms with Crippen molar-refractivity contribution in [1.82, 2.24) is 19.3 Å². The minimum Gasteiger partial charge on any atom is -0.342 e. The van der Waals surface area contributed by atoms with E-state index in [1.165, 1.54) is 22.0 Å². The minimum atomic E-state index is -3.91. The molecule has 3 heterocycles. The molecule has 0 bridgehead atoms. The summed E-state index contributed by atoms with van der Waals surface area (Å²) in [6.07, 6.45) is 4.27. The molecule has 37 heavy (non-hydrogen) atoms. The summed E-state index contributed by atoms with van der Waals surface area (Å²) in [6.45, 7) is 3.62. The highest BCUT2D eigenvalue weighted by Gasteiger charge is 2.37. The predicted octanol–water partition coefficient (Wildman–Crippen LogP) is 4.58. The second kappa shape index (κ2) is 10.9. The van der Waals surface area contributed by atoms with Crippen LogP contribution in [0.5, 0.6) is 0 Å². The number of carbonyl (C=O) groups is 1. The summed E-state index contributed by atoms with van der Waals surface area (Å²) in [4.78, 5) is 19.5. The van der Waals surface area contributed by atoms with Crippen molar-refractivity contribution in [2.24, 2.45) is 11.8 Å². The molecule has 2 aliphatic heterocycles. The number of amides is 1. The highest BCUT2D eigenvalue weighted by molar-refractivity contribution is 7.89. The van der Waals surface area contributed by atoms with Gasteiger partial charge in [-0.2, -0.15) is 9.29 Å². The number of piperidine rings is 2. The third-order valence-electron chi connectivity index (χ3n) is 7.36. The van der Waals surface area contributed by atoms with Crippen LogP contribution < -0.4 is 0 Å². The van der Waals surface area contributed by atoms with Gasteiger partial charge in [0.1, 0.15) is 4.90 Å². The van der Waals surface area contributed by atoms with Crippen molar-refractivity contribution in [2.75, 3.05) is 26.2 Å². The van der Waals surface area contributed by atoms with E-state index in [0.717, 1.165) is 32.4 Å². The van der Waals surface area contributed by atoms with E-state index >= 15 is 0 Å². The van der Waals surface area contributed by atoms with Crippen molar-refractivity contribution in [2.45, 2.75) is 43.9 Å². The number of halogens is 1. The van der Waals surface area contributed by atoms with Crippen LogP contribution in [0.4, 0.5) is 0 Å². The molecular weight excluding hydrogens is 512 g/mol. The molecule has 5 rings (SSSR count). The number of carbonyl (C=O) groups excluding carboxylic acids is 1. The normalized spacial score (nSPS) is 19.7. The first-order valence-electron chi connectivity index (χ1n) is 12.7. The lowest BCUT2D eigenvalue weighted by Gasteiger charge is -2.37. The molecular formula is C27H31ClN4O4S. The first kappa shape index (κ1) is 25.9. The van der Waals surface area contributed by atoms with Crippen LogP contribution in [-0.4, -0.2) is 59.8 Å². The number of hydrogen-bond donors (Lipinski definition) is 0. The number of aryl methyl sites for hydroxylation is 1. The van der Waals surface area contributed by atoms with Gasteiger partial charge in [-0.05, 0) is 61.8 Å². The van der Waals surface area contributed by atoms with Gasteiger partial charge >= 0.3 is 0 Å². The lowest BCUT2D eigenvalue weighted by Crippen LogP contribution is -2.48. The molecule has 1 amide bonds. The minimum absolute atomic E-state index is 0.0102. The SMILES string of the molecule is Cc1nc(-c2ccc(Cl)c(S(=O)(=O)N3CCC[C@H](C(=O)N4CCC(Cc5ccccc5)CC4)C3)c2)no1. The van der Waals surface area contributed by atoms with Gasteiger partial charge in [0.2, 0.25) is 27.6 Å². The fourth-order valence-corrected chi connectivity index (χ4v) is 7.35. The zero-order valence-corrected chi connectivity index (χ0v) is 22.4. The van der Waals surface area contributed by atoms with Crippen LogP contribution in [0.3, 0.4) is 0 Å². The van der Waals surface area contributed by atoms with Gasteiger partial charge in [0.05, 0.1) is 10.9 Å². The Hall–Kier alpha value is -2.75. The number of nitrogens with zero attached hydrogens (tertiary/aromatic N) is 4. The number of aromatic nitrogens is 2. The van der Waals surface area contributed by atoms with E-state index in [-0.39, 0.29) is 28.3 Å². The van der Waals surface area contributed by atoms with Crippen LogP contribution in [0.2, 0.25) is 5.02 Å². The Morgan fingerprint density at radius 3 is 2.54 bits per heavy atom. The van der Waals surface area contributed by atoms with Crippen molar-refractivity contribution in [3.63, 3.8) is 0 Å². The van der Waals surface area contributed by atoms with E-state index in [0.29, 0.717) is 42.6 Å². The molecule has 2 saturated heterocycles. The molecule has 10 heteroatoms. The van der Waals surface area contributed by atoms with Crippen LogP contribution in [0.15, 0.2) is 57.9 Å². The van der Waals surface area contributed by atoms with E-state index in [1.54, 1.807) is 13.0 Å². The van der Waals surface area contributed by atoms with E-state index in [1.807, 2.05) is 11.0 Å². The second-order valence-electron chi connectivity index (χ2n) is 9.94. The Bertz CT molecular complexity index is 1350. The fourth-order valence-electron chi connectivity index (χ4n) is 5.32. The maximum atomic E-state index is 13.6. The number of hydrogen-bond acceptors (Lipinski definition) is 6. The van der Waals surface area contributed by atoms with Crippen LogP contribution in [0.25, 0.3) is 11.4 Å². The quantitative estimate of drug-likeness (QED) is 0.452. The standard InChI is InChI=1S/C27H31ClN4O4S/c1-19-29-26(30-36-19)22-9-10-24(28)25(17-22)37(34,35)32-13-5-8-23(18-32)27(33)31-14-11-21(12-15-31)16-20-6-3-2-4-7-20/h2-4,6-7,9-10,17,21,23H,5,8,11-16,18H2,1H3/t23-/m0/s1. The van der Waals surface area contributed by atoms with Gasteiger partial charge in [0.25, 0.3) is 0 Å². The molecule has 0 unspecified atom stereocenters. The highest BCUT2D eigenvalue weighted by Crippen LogP contribution is 2.32. The van der Waals surface area contributed by atoms with Gasteiger partial charge in [-0.15, -0.1) is 0 Å². The lowest BCUT2D eigenvalue weighted by atomic mass is 9.89. The summed E-state index contributed by atoms with van der Waals surface area (Å²) in [5.41, 5.74) is 1.83. The molecule has 0 radical (unpaired) electrons. The van der Waals surface area contributed by atoms with Crippen LogP contribution >= 0.6 is 11.6 Å². The number of sulfonamides is 1. The molecule has 8 nitrogen and oxygen atoms in total. The van der Waals surface area contributed by atoms with Crippen molar-refractivity contribution in [3.8, 4) is 11.4 Å². The molecule has 3 aromatic rings. The third-order valence-corrected chi connectivity index (χ3v) is 9.71. The maximum Gasteiger partial charge on any atom is 0.244 e. The first-order valence-corrected chi connectivity index (χ1v) is 14.6. The number of rotatable bonds is 6. The second-order valence-corrected chi connectivity index (χ2v) is 12.3. The lowest BCUT2D eigenvalue weighted by molar-refractivity contribution is -0.138. The largest absolute Gasteiger partial charge is 0.342 e. The first-order chi connectivity index (χ1) is 17.8. The topological polar surface area (TPSA) is 96.6 Å². The van der Waals surface area contributed by atoms with Crippen LogP contribution in [0.1, 0.15) is 37.1 Å². The molecule has 2 aromatic carbocycles. The number of benzene rings is 2. The van der Waals surface area contributed by atoms with Crippen molar-refractivity contribution in [1.29, 1.82) is 0 Å². The zero-order valence-electron chi connectivity index (χ0n) is 20.8. The van der Waals surface area contributed by atoms with Gasteiger partial charge in [0.15, 0.2) is 0 Å². The molecule has 0 N–H and O–H groups in total. The average molecular weight is 543 g/mol. The van der Waals surface area contributed by atoms with E-state index < -0.39 is 10.0 Å². The molecule has 1 atom stereocenters. The number of likely N-dealkylation sites (tertiary alicyclic amines) is 1. The molecule has 0 spiro atoms. The molecule has 1 aromatic heterocycles. The summed E-state index contributed by atoms with van der Waals surface area (Å²) in [5.74, 6) is 0.951. The van der Waals surface area contributed by atoms with Gasteiger partial charge in [0, 0.05) is 38.7 Å². The summed E-state index contributed by atoms with van der Waals surface area (Å²) in [6, 6.07) is 15.1. The van der Waals surface area contributed by atoms with Crippen LogP contribution in [-0.2, 0) is 21.2 Å². The maximum absolute atomic E-state index is 13.6. The Morgan fingerprint density at radius 2 is 1.84 bits per heavy atom. The average Bonchev–Trinajstić information content (AvgIpc) is 3.36. The summed E-state index contributed by atoms with van der Waals surface area (Å²) in [5, 5.41) is 4.00. The van der Waals surface area contributed by atoms with Gasteiger partial charge < -0.3 is 9.42 Å². The van der Waals surface area contributed by atoms with Gasteiger partial charge in [-0.1, -0.05) is 47.1 Å². The summed E-state index contributed by atoms with van der Waals surface area (Å²) < 4.78 is 33.6. The van der Waals surface area contributed by atoms with Gasteiger partial charge in [-0.3, -0.25) is 4.79 Å². The van der Waals surface area contributed by atoms with Gasteiger partial charge in [-0.25, -0.2) is 8.42 Å². The summed E-state index contributed by atoms with van der Waals surface area (Å²) in [7, 11) is -3.91. The van der Waals surface area contributed by atoms with E-state index in [2.05, 4.69) is 34.4 Å². The Morgan fingerprint density at radius 1 is 1.08 bits per heavy atom. The van der Waals surface area contributed by atoms with E-state index in [9.17, 15) is 13.2 Å². The molecule has 0 saturated carbocycles. The highest BCUT2D eigenvalue weighted by atomic mass is 35.5. The summed E-state index contributed by atoms with van der Waals surface area (Å²) >= 11 is 6.34.